The number of allylic oxidation sites excluding steroid dienone is 1. The summed E-state index contributed by atoms with van der Waals surface area (Å²) in [6, 6.07) is 0. The minimum atomic E-state index is -0.689. The third-order valence-electron chi connectivity index (χ3n) is 5.51. The van der Waals surface area contributed by atoms with Gasteiger partial charge in [0.1, 0.15) is 0 Å². The second-order valence-electron chi connectivity index (χ2n) is 7.97. The largest absolute Gasteiger partial charge is 0.369 e. The molecule has 0 aliphatic heterocycles. The lowest BCUT2D eigenvalue weighted by atomic mass is 9.72. The van der Waals surface area contributed by atoms with Gasteiger partial charge < -0.3 is 11.5 Å². The summed E-state index contributed by atoms with van der Waals surface area (Å²) in [6.45, 7) is 4.62. The number of unbranched alkanes of at least 4 members (excludes halogenated alkanes) is 6. The Kier molecular flexibility index (Phi) is 9.04. The fourth-order valence-corrected chi connectivity index (χ4v) is 4.45. The predicted molar refractivity (Wildman–Crippen MR) is 120 cm³/mol. The van der Waals surface area contributed by atoms with Crippen LogP contribution in [0.3, 0.4) is 0 Å². The zero-order valence-corrected chi connectivity index (χ0v) is 18.4. The number of rotatable bonds is 12. The minimum absolute atomic E-state index is 0.191. The number of amides is 2. The number of nitrogens with one attached hydrogen (secondary N) is 1. The normalized spacial score (nSPS) is 18.9. The quantitative estimate of drug-likeness (QED) is 0.441. The molecule has 2 rings (SSSR count). The van der Waals surface area contributed by atoms with Crippen LogP contribution in [0.1, 0.15) is 69.6 Å². The summed E-state index contributed by atoms with van der Waals surface area (Å²) < 4.78 is 0. The molecule has 5 N–H and O–H groups in total. The van der Waals surface area contributed by atoms with E-state index in [9.17, 15) is 9.59 Å². The third kappa shape index (κ3) is 6.78. The molecule has 0 saturated heterocycles. The first-order valence-corrected chi connectivity index (χ1v) is 11.3. The van der Waals surface area contributed by atoms with Crippen molar-refractivity contribution in [1.29, 1.82) is 0 Å². The van der Waals surface area contributed by atoms with Gasteiger partial charge in [-0.25, -0.2) is 4.98 Å². The predicted octanol–water partition coefficient (Wildman–Crippen LogP) is 4.22. The first kappa shape index (κ1) is 23.3. The SMILES string of the molecule is CC1=C(C(=O)Nc2ncc(C)s2)C=CC(CCCCCCCCCN)(C(N)=O)C1. The molecule has 1 aromatic rings. The number of nitrogens with two attached hydrogens (primary N) is 2. The molecule has 1 aromatic heterocycles. The second kappa shape index (κ2) is 11.3. The van der Waals surface area contributed by atoms with Gasteiger partial charge in [-0.3, -0.25) is 14.9 Å². The average molecular weight is 419 g/mol. The van der Waals surface area contributed by atoms with Crippen LogP contribution in [-0.4, -0.2) is 23.3 Å². The number of primary amides is 1. The Morgan fingerprint density at radius 2 is 1.79 bits per heavy atom. The van der Waals surface area contributed by atoms with Gasteiger partial charge in [0.15, 0.2) is 5.13 Å². The van der Waals surface area contributed by atoms with Gasteiger partial charge in [-0.2, -0.15) is 0 Å². The minimum Gasteiger partial charge on any atom is -0.369 e. The van der Waals surface area contributed by atoms with Crippen molar-refractivity contribution in [2.24, 2.45) is 16.9 Å². The average Bonchev–Trinajstić information content (AvgIpc) is 3.08. The molecule has 1 heterocycles. The van der Waals surface area contributed by atoms with Gasteiger partial charge in [0, 0.05) is 16.6 Å². The van der Waals surface area contributed by atoms with Crippen LogP contribution in [0, 0.1) is 12.3 Å². The summed E-state index contributed by atoms with van der Waals surface area (Å²) in [7, 11) is 0. The van der Waals surface area contributed by atoms with Gasteiger partial charge in [0.05, 0.1) is 5.41 Å². The van der Waals surface area contributed by atoms with E-state index in [1.54, 1.807) is 12.3 Å². The molecule has 0 spiro atoms. The van der Waals surface area contributed by atoms with Crippen molar-refractivity contribution in [2.45, 2.75) is 71.6 Å². The Bertz CT molecular complexity index is 769. The topological polar surface area (TPSA) is 111 Å². The molecule has 0 aromatic carbocycles. The van der Waals surface area contributed by atoms with Crippen molar-refractivity contribution in [3.8, 4) is 0 Å². The van der Waals surface area contributed by atoms with Crippen LogP contribution >= 0.6 is 11.3 Å². The highest BCUT2D eigenvalue weighted by atomic mass is 32.1. The molecule has 1 aliphatic rings. The molecule has 7 heteroatoms. The highest BCUT2D eigenvalue weighted by molar-refractivity contribution is 7.15. The molecule has 1 atom stereocenters. The summed E-state index contributed by atoms with van der Waals surface area (Å²) >= 11 is 1.44. The summed E-state index contributed by atoms with van der Waals surface area (Å²) in [5.74, 6) is -0.505. The van der Waals surface area contributed by atoms with E-state index in [-0.39, 0.29) is 11.8 Å². The first-order chi connectivity index (χ1) is 13.9. The summed E-state index contributed by atoms with van der Waals surface area (Å²) in [5, 5.41) is 3.42. The molecule has 1 aliphatic carbocycles. The molecule has 29 heavy (non-hydrogen) atoms. The number of nitrogens with zero attached hydrogens (tertiary/aromatic N) is 1. The number of aromatic nitrogens is 1. The lowest BCUT2D eigenvalue weighted by molar-refractivity contribution is -0.125. The van der Waals surface area contributed by atoms with Gasteiger partial charge in [0.2, 0.25) is 5.91 Å². The lowest BCUT2D eigenvalue weighted by Crippen LogP contribution is -2.37. The monoisotopic (exact) mass is 418 g/mol. The molecule has 160 valence electrons. The molecule has 6 nitrogen and oxygen atoms in total. The van der Waals surface area contributed by atoms with Crippen LogP contribution < -0.4 is 16.8 Å². The number of aryl methyl sites for hydroxylation is 1. The standard InChI is InChI=1S/C22H34N4O2S/c1-16-14-22(20(24)28,11-8-6-4-3-5-7-9-13-23)12-10-18(16)19(27)26-21-25-15-17(2)29-21/h10,12,15H,3-9,11,13-14,23H2,1-2H3,(H2,24,28)(H,25,26,27). The van der Waals surface area contributed by atoms with Crippen molar-refractivity contribution < 1.29 is 9.59 Å². The number of hydrogen-bond donors (Lipinski definition) is 3. The van der Waals surface area contributed by atoms with Gasteiger partial charge in [-0.15, -0.1) is 11.3 Å². The fraction of sp³-hybridized carbons (Fsp3) is 0.591. The van der Waals surface area contributed by atoms with Crippen LogP contribution in [0.4, 0.5) is 5.13 Å². The molecule has 0 bridgehead atoms. The van der Waals surface area contributed by atoms with Gasteiger partial charge in [0.25, 0.3) is 5.91 Å². The zero-order valence-electron chi connectivity index (χ0n) is 17.6. The molecule has 0 saturated carbocycles. The van der Waals surface area contributed by atoms with Crippen molar-refractivity contribution in [3.05, 3.63) is 34.4 Å². The molecular formula is C22H34N4O2S. The molecule has 0 radical (unpaired) electrons. The van der Waals surface area contributed by atoms with E-state index in [1.165, 1.54) is 37.0 Å². The van der Waals surface area contributed by atoms with E-state index < -0.39 is 5.41 Å². The van der Waals surface area contributed by atoms with Gasteiger partial charge >= 0.3 is 0 Å². The van der Waals surface area contributed by atoms with Crippen LogP contribution in [0.15, 0.2) is 29.5 Å². The van der Waals surface area contributed by atoms with Crippen molar-refractivity contribution in [2.75, 3.05) is 11.9 Å². The maximum Gasteiger partial charge on any atom is 0.257 e. The van der Waals surface area contributed by atoms with E-state index >= 15 is 0 Å². The van der Waals surface area contributed by atoms with Crippen LogP contribution in [-0.2, 0) is 9.59 Å². The number of anilines is 1. The number of carbonyl (C=O) groups is 2. The fourth-order valence-electron chi connectivity index (χ4n) is 3.79. The van der Waals surface area contributed by atoms with E-state index in [2.05, 4.69) is 10.3 Å². The first-order valence-electron chi connectivity index (χ1n) is 10.5. The van der Waals surface area contributed by atoms with Crippen molar-refractivity contribution in [1.82, 2.24) is 4.98 Å². The number of carbonyl (C=O) groups excluding carboxylic acids is 2. The number of thiazole rings is 1. The van der Waals surface area contributed by atoms with Crippen molar-refractivity contribution in [3.63, 3.8) is 0 Å². The maximum absolute atomic E-state index is 12.6. The summed E-state index contributed by atoms with van der Waals surface area (Å²) in [4.78, 5) is 30.1. The van der Waals surface area contributed by atoms with Gasteiger partial charge in [-0.05, 0) is 39.7 Å². The van der Waals surface area contributed by atoms with E-state index in [0.717, 1.165) is 42.7 Å². The number of hydrogen-bond acceptors (Lipinski definition) is 5. The summed E-state index contributed by atoms with van der Waals surface area (Å²) in [5.41, 5.74) is 12.1. The Labute approximate surface area is 177 Å². The Morgan fingerprint density at radius 1 is 1.14 bits per heavy atom. The summed E-state index contributed by atoms with van der Waals surface area (Å²) in [6.07, 6.45) is 14.5. The van der Waals surface area contributed by atoms with Crippen LogP contribution in [0.2, 0.25) is 0 Å². The highest BCUT2D eigenvalue weighted by Gasteiger charge is 2.37. The Morgan fingerprint density at radius 3 is 2.34 bits per heavy atom. The maximum atomic E-state index is 12.6. The van der Waals surface area contributed by atoms with Crippen molar-refractivity contribution >= 4 is 28.3 Å². The second-order valence-corrected chi connectivity index (χ2v) is 9.20. The van der Waals surface area contributed by atoms with E-state index in [4.69, 9.17) is 11.5 Å². The highest BCUT2D eigenvalue weighted by Crippen LogP contribution is 2.39. The van der Waals surface area contributed by atoms with Gasteiger partial charge in [-0.1, -0.05) is 56.3 Å². The van der Waals surface area contributed by atoms with E-state index in [0.29, 0.717) is 17.1 Å². The Hall–Kier alpha value is -1.99. The molecular weight excluding hydrogens is 384 g/mol. The van der Waals surface area contributed by atoms with Crippen LogP contribution in [0.5, 0.6) is 0 Å². The zero-order chi connectivity index (χ0) is 21.3. The Balaban J connectivity index is 1.89. The molecule has 0 fully saturated rings. The van der Waals surface area contributed by atoms with Crippen LogP contribution in [0.25, 0.3) is 0 Å². The van der Waals surface area contributed by atoms with E-state index in [1.807, 2.05) is 19.9 Å². The smallest absolute Gasteiger partial charge is 0.257 e. The lowest BCUT2D eigenvalue weighted by Gasteiger charge is -2.31. The molecule has 2 amide bonds. The molecule has 1 unspecified atom stereocenters. The third-order valence-corrected chi connectivity index (χ3v) is 6.34.